The summed E-state index contributed by atoms with van der Waals surface area (Å²) in [6.07, 6.45) is 8.42. The highest BCUT2D eigenvalue weighted by Gasteiger charge is 2.25. The molecule has 0 bridgehead atoms. The third-order valence-corrected chi connectivity index (χ3v) is 6.27. The summed E-state index contributed by atoms with van der Waals surface area (Å²) < 4.78 is 13.8. The van der Waals surface area contributed by atoms with Gasteiger partial charge in [-0.05, 0) is 37.1 Å². The van der Waals surface area contributed by atoms with Gasteiger partial charge in [0.15, 0.2) is 11.0 Å². The lowest BCUT2D eigenvalue weighted by atomic mass is 10.1. The summed E-state index contributed by atoms with van der Waals surface area (Å²) in [5.41, 5.74) is 2.81. The van der Waals surface area contributed by atoms with Gasteiger partial charge in [-0.15, -0.1) is 0 Å². The summed E-state index contributed by atoms with van der Waals surface area (Å²) in [5.74, 6) is 0.560. The molecule has 4 heterocycles. The van der Waals surface area contributed by atoms with E-state index in [4.69, 9.17) is 8.83 Å². The fraction of sp³-hybridized carbons (Fsp3) is 0.304. The minimum Gasteiger partial charge on any atom is -0.464 e. The number of fused-ring (bicyclic) bond motifs is 4. The van der Waals surface area contributed by atoms with Crippen molar-refractivity contribution in [2.45, 2.75) is 44.6 Å². The number of nitrogens with one attached hydrogen (secondary N) is 2. The average Bonchev–Trinajstić information content (AvgIpc) is 3.40. The quantitative estimate of drug-likeness (QED) is 0.402. The second kappa shape index (κ2) is 6.52. The molecule has 1 aromatic carbocycles. The van der Waals surface area contributed by atoms with Crippen molar-refractivity contribution in [3.05, 3.63) is 57.2 Å². The van der Waals surface area contributed by atoms with Crippen molar-refractivity contribution < 1.29 is 8.83 Å². The molecule has 0 amide bonds. The Bertz CT molecular complexity index is 1490. The van der Waals surface area contributed by atoms with Crippen LogP contribution in [0.4, 0.5) is 0 Å². The Morgan fingerprint density at radius 3 is 2.63 bits per heavy atom. The van der Waals surface area contributed by atoms with E-state index in [0.717, 1.165) is 42.2 Å². The highest BCUT2D eigenvalue weighted by molar-refractivity contribution is 6.13. The molecule has 5 aromatic rings. The number of aromatic nitrogens is 3. The molecule has 0 radical (unpaired) electrons. The summed E-state index contributed by atoms with van der Waals surface area (Å²) in [4.78, 5) is 28.4. The minimum atomic E-state index is -0.177. The van der Waals surface area contributed by atoms with Crippen LogP contribution in [-0.4, -0.2) is 14.8 Å². The maximum absolute atomic E-state index is 13.1. The summed E-state index contributed by atoms with van der Waals surface area (Å²) in [6, 6.07) is 8.61. The van der Waals surface area contributed by atoms with Crippen molar-refractivity contribution in [2.24, 2.45) is 0 Å². The standard InChI is InChI=1S/C23H21N3O4/c27-14-9-10-15-17(12-14)30-21-18(16-8-5-11-29-16)19-22(24-20(15)21)26(25-23(19)28)13-6-3-1-2-4-7-13/h5,8-13,24H,1-4,6-7H2,(H,25,28). The number of nitrogens with zero attached hydrogens (tertiary/aromatic N) is 1. The Hall–Kier alpha value is -3.48. The lowest BCUT2D eigenvalue weighted by Crippen LogP contribution is -2.13. The molecule has 1 saturated carbocycles. The third kappa shape index (κ3) is 2.51. The normalized spacial score (nSPS) is 16.0. The van der Waals surface area contributed by atoms with Gasteiger partial charge in [-0.1, -0.05) is 25.7 Å². The van der Waals surface area contributed by atoms with E-state index in [0.29, 0.717) is 27.9 Å². The molecule has 1 fully saturated rings. The van der Waals surface area contributed by atoms with Crippen molar-refractivity contribution in [1.29, 1.82) is 0 Å². The predicted octanol–water partition coefficient (Wildman–Crippen LogP) is 5.07. The Kier molecular flexibility index (Phi) is 3.78. The van der Waals surface area contributed by atoms with Gasteiger partial charge < -0.3 is 13.8 Å². The van der Waals surface area contributed by atoms with Crippen LogP contribution in [0.5, 0.6) is 0 Å². The van der Waals surface area contributed by atoms with E-state index >= 15 is 0 Å². The molecule has 152 valence electrons. The smallest absolute Gasteiger partial charge is 0.274 e. The molecule has 1 aliphatic rings. The number of hydrogen-bond acceptors (Lipinski definition) is 4. The van der Waals surface area contributed by atoms with Gasteiger partial charge >= 0.3 is 0 Å². The van der Waals surface area contributed by atoms with Crippen LogP contribution in [-0.2, 0) is 0 Å². The van der Waals surface area contributed by atoms with Crippen LogP contribution < -0.4 is 11.0 Å². The highest BCUT2D eigenvalue weighted by Crippen LogP contribution is 2.39. The van der Waals surface area contributed by atoms with Crippen molar-refractivity contribution in [3.63, 3.8) is 0 Å². The van der Waals surface area contributed by atoms with Crippen LogP contribution >= 0.6 is 0 Å². The predicted molar refractivity (Wildman–Crippen MR) is 115 cm³/mol. The number of hydrogen-bond donors (Lipinski definition) is 2. The number of rotatable bonds is 2. The molecule has 0 saturated heterocycles. The number of benzene rings is 1. The van der Waals surface area contributed by atoms with Gasteiger partial charge in [0.25, 0.3) is 5.56 Å². The lowest BCUT2D eigenvalue weighted by Gasteiger charge is -2.17. The first-order valence-electron chi connectivity index (χ1n) is 10.5. The molecule has 0 spiro atoms. The number of H-pyrrole nitrogens is 2. The molecule has 0 unspecified atom stereocenters. The molecule has 7 heteroatoms. The van der Waals surface area contributed by atoms with Crippen molar-refractivity contribution in [2.75, 3.05) is 0 Å². The van der Waals surface area contributed by atoms with Crippen LogP contribution in [0.1, 0.15) is 44.6 Å². The number of pyridine rings is 1. The minimum absolute atomic E-state index is 0.119. The van der Waals surface area contributed by atoms with E-state index in [2.05, 4.69) is 10.1 Å². The van der Waals surface area contributed by atoms with Crippen LogP contribution in [0.25, 0.3) is 44.4 Å². The van der Waals surface area contributed by atoms with E-state index < -0.39 is 0 Å². The fourth-order valence-electron chi connectivity index (χ4n) is 4.86. The van der Waals surface area contributed by atoms with Crippen LogP contribution in [0.2, 0.25) is 0 Å². The summed E-state index contributed by atoms with van der Waals surface area (Å²) in [6.45, 7) is 0. The van der Waals surface area contributed by atoms with E-state index in [9.17, 15) is 9.59 Å². The zero-order valence-corrected chi connectivity index (χ0v) is 16.4. The first-order chi connectivity index (χ1) is 14.7. The summed E-state index contributed by atoms with van der Waals surface area (Å²) >= 11 is 0. The molecular formula is C23H21N3O4. The molecule has 0 atom stereocenters. The molecule has 2 N–H and O–H groups in total. The van der Waals surface area contributed by atoms with Crippen LogP contribution in [0.15, 0.2) is 55.0 Å². The Morgan fingerprint density at radius 1 is 1.03 bits per heavy atom. The van der Waals surface area contributed by atoms with Crippen LogP contribution in [0, 0.1) is 0 Å². The van der Waals surface area contributed by atoms with Gasteiger partial charge in [-0.25, -0.2) is 0 Å². The monoisotopic (exact) mass is 403 g/mol. The number of furan rings is 2. The molecule has 0 aliphatic heterocycles. The van der Waals surface area contributed by atoms with Crippen molar-refractivity contribution in [3.8, 4) is 11.3 Å². The van der Waals surface area contributed by atoms with E-state index in [1.165, 1.54) is 25.0 Å². The molecule has 7 nitrogen and oxygen atoms in total. The van der Waals surface area contributed by atoms with Gasteiger partial charge in [0, 0.05) is 11.5 Å². The van der Waals surface area contributed by atoms with Gasteiger partial charge in [-0.3, -0.25) is 19.4 Å². The average molecular weight is 403 g/mol. The SMILES string of the molecule is O=c1ccc2c(c1)oc1c(-c3ccco3)c3c(=O)[nH]n(C4CCCCCC4)c3[nH]c12. The highest BCUT2D eigenvalue weighted by atomic mass is 16.3. The second-order valence-corrected chi connectivity index (χ2v) is 8.12. The van der Waals surface area contributed by atoms with E-state index in [1.54, 1.807) is 18.4 Å². The Balaban J connectivity index is 1.75. The van der Waals surface area contributed by atoms with Gasteiger partial charge in [0.2, 0.25) is 0 Å². The zero-order valence-electron chi connectivity index (χ0n) is 16.4. The maximum Gasteiger partial charge on any atom is 0.274 e. The van der Waals surface area contributed by atoms with E-state index in [1.807, 2.05) is 10.7 Å². The molecule has 1 aliphatic carbocycles. The van der Waals surface area contributed by atoms with Crippen LogP contribution in [0.3, 0.4) is 0 Å². The first-order valence-corrected chi connectivity index (χ1v) is 10.5. The van der Waals surface area contributed by atoms with Gasteiger partial charge in [-0.2, -0.15) is 0 Å². The molecule has 30 heavy (non-hydrogen) atoms. The molecule has 4 aromatic heterocycles. The van der Waals surface area contributed by atoms with Crippen molar-refractivity contribution >= 4 is 33.1 Å². The second-order valence-electron chi connectivity index (χ2n) is 8.12. The Labute approximate surface area is 170 Å². The Morgan fingerprint density at radius 2 is 1.87 bits per heavy atom. The molecule has 6 rings (SSSR count). The molecular weight excluding hydrogens is 382 g/mol. The van der Waals surface area contributed by atoms with Gasteiger partial charge in [0.05, 0.1) is 28.8 Å². The maximum atomic E-state index is 13.1. The first kappa shape index (κ1) is 17.4. The summed E-state index contributed by atoms with van der Waals surface area (Å²) in [5, 5.41) is 4.39. The topological polar surface area (TPSA) is 96.9 Å². The number of aromatic amines is 2. The lowest BCUT2D eigenvalue weighted by molar-refractivity contribution is 0.413. The van der Waals surface area contributed by atoms with Crippen molar-refractivity contribution in [1.82, 2.24) is 14.8 Å². The fourth-order valence-corrected chi connectivity index (χ4v) is 4.86. The van der Waals surface area contributed by atoms with Gasteiger partial charge in [0.1, 0.15) is 17.0 Å². The van der Waals surface area contributed by atoms with E-state index in [-0.39, 0.29) is 17.0 Å². The largest absolute Gasteiger partial charge is 0.464 e. The third-order valence-electron chi connectivity index (χ3n) is 6.27. The zero-order chi connectivity index (χ0) is 20.2. The summed E-state index contributed by atoms with van der Waals surface area (Å²) in [7, 11) is 0.